The Morgan fingerprint density at radius 1 is 1.50 bits per heavy atom. The molecular weight excluding hydrogens is 136 g/mol. The van der Waals surface area contributed by atoms with Gasteiger partial charge < -0.3 is 5.11 Å². The lowest BCUT2D eigenvalue weighted by atomic mass is 10.5. The second-order valence-electron chi connectivity index (χ2n) is 1.69. The van der Waals surface area contributed by atoms with Gasteiger partial charge in [-0.2, -0.15) is 0 Å². The normalized spacial score (nSPS) is 8.90. The van der Waals surface area contributed by atoms with Crippen LogP contribution in [0.3, 0.4) is 0 Å². The second-order valence-corrected chi connectivity index (χ2v) is 1.69. The SMILES string of the molecule is CCCNNC(=O)C(=O)O. The maximum Gasteiger partial charge on any atom is 0.395 e. The van der Waals surface area contributed by atoms with Gasteiger partial charge in [-0.15, -0.1) is 0 Å². The molecule has 0 atom stereocenters. The summed E-state index contributed by atoms with van der Waals surface area (Å²) in [6.07, 6.45) is 0.833. The highest BCUT2D eigenvalue weighted by atomic mass is 16.4. The van der Waals surface area contributed by atoms with E-state index < -0.39 is 11.9 Å². The van der Waals surface area contributed by atoms with Crippen LogP contribution >= 0.6 is 0 Å². The summed E-state index contributed by atoms with van der Waals surface area (Å²) >= 11 is 0. The summed E-state index contributed by atoms with van der Waals surface area (Å²) in [5, 5.41) is 8.03. The van der Waals surface area contributed by atoms with Gasteiger partial charge in [0.05, 0.1) is 0 Å². The van der Waals surface area contributed by atoms with Crippen LogP contribution in [0.5, 0.6) is 0 Å². The minimum Gasteiger partial charge on any atom is -0.474 e. The van der Waals surface area contributed by atoms with Crippen molar-refractivity contribution < 1.29 is 14.7 Å². The van der Waals surface area contributed by atoms with Crippen molar-refractivity contribution in [3.63, 3.8) is 0 Å². The summed E-state index contributed by atoms with van der Waals surface area (Å²) in [7, 11) is 0. The van der Waals surface area contributed by atoms with Gasteiger partial charge in [-0.3, -0.25) is 10.2 Å². The minimum atomic E-state index is -1.48. The number of aliphatic carboxylic acids is 1. The lowest BCUT2D eigenvalue weighted by Gasteiger charge is -2.00. The molecule has 0 aromatic carbocycles. The van der Waals surface area contributed by atoms with Crippen LogP contribution in [0.1, 0.15) is 13.3 Å². The van der Waals surface area contributed by atoms with Crippen molar-refractivity contribution in [3.05, 3.63) is 0 Å². The van der Waals surface area contributed by atoms with Gasteiger partial charge in [0.1, 0.15) is 0 Å². The van der Waals surface area contributed by atoms with Crippen molar-refractivity contribution in [1.82, 2.24) is 10.9 Å². The molecular formula is C5H10N2O3. The Morgan fingerprint density at radius 2 is 2.10 bits per heavy atom. The van der Waals surface area contributed by atoms with Crippen LogP contribution in [0.2, 0.25) is 0 Å². The van der Waals surface area contributed by atoms with Crippen molar-refractivity contribution in [2.75, 3.05) is 6.54 Å². The number of carboxylic acids is 1. The van der Waals surface area contributed by atoms with Crippen molar-refractivity contribution in [2.45, 2.75) is 13.3 Å². The minimum absolute atomic E-state index is 0.568. The Hall–Kier alpha value is -1.10. The van der Waals surface area contributed by atoms with Crippen LogP contribution in [0.4, 0.5) is 0 Å². The molecule has 1 amide bonds. The van der Waals surface area contributed by atoms with Crippen molar-refractivity contribution in [1.29, 1.82) is 0 Å². The number of carbonyl (C=O) groups excluding carboxylic acids is 1. The topological polar surface area (TPSA) is 78.4 Å². The van der Waals surface area contributed by atoms with E-state index in [4.69, 9.17) is 5.11 Å². The number of carboxylic acid groups (broad SMARTS) is 1. The molecule has 0 aliphatic carbocycles. The van der Waals surface area contributed by atoms with E-state index in [-0.39, 0.29) is 0 Å². The Morgan fingerprint density at radius 3 is 2.50 bits per heavy atom. The lowest BCUT2D eigenvalue weighted by Crippen LogP contribution is -2.41. The first kappa shape index (κ1) is 8.90. The third-order valence-electron chi connectivity index (χ3n) is 0.771. The molecule has 5 heteroatoms. The predicted molar refractivity (Wildman–Crippen MR) is 34.1 cm³/mol. The van der Waals surface area contributed by atoms with E-state index in [9.17, 15) is 9.59 Å². The largest absolute Gasteiger partial charge is 0.474 e. The Bertz CT molecular complexity index is 135. The van der Waals surface area contributed by atoms with Crippen LogP contribution in [-0.2, 0) is 9.59 Å². The Labute approximate surface area is 58.4 Å². The molecule has 5 nitrogen and oxygen atoms in total. The molecule has 0 rings (SSSR count). The van der Waals surface area contributed by atoms with Gasteiger partial charge in [0, 0.05) is 6.54 Å². The molecule has 0 spiro atoms. The highest BCUT2D eigenvalue weighted by Crippen LogP contribution is 1.66. The second kappa shape index (κ2) is 4.75. The molecule has 0 aromatic rings. The highest BCUT2D eigenvalue weighted by Gasteiger charge is 2.08. The van der Waals surface area contributed by atoms with E-state index in [1.807, 2.05) is 12.3 Å². The Kier molecular flexibility index (Phi) is 4.23. The fraction of sp³-hybridized carbons (Fsp3) is 0.600. The van der Waals surface area contributed by atoms with Gasteiger partial charge in [0.15, 0.2) is 0 Å². The lowest BCUT2D eigenvalue weighted by molar-refractivity contribution is -0.150. The first-order valence-corrected chi connectivity index (χ1v) is 2.94. The molecule has 0 unspecified atom stereocenters. The summed E-state index contributed by atoms with van der Waals surface area (Å²) in [6.45, 7) is 2.47. The van der Waals surface area contributed by atoms with E-state index in [1.54, 1.807) is 0 Å². The molecule has 0 aromatic heterocycles. The van der Waals surface area contributed by atoms with Crippen LogP contribution in [0, 0.1) is 0 Å². The molecule has 0 bridgehead atoms. The maximum atomic E-state index is 10.2. The number of carbonyl (C=O) groups is 2. The molecule has 58 valence electrons. The third kappa shape index (κ3) is 3.85. The average Bonchev–Trinajstić information content (AvgIpc) is 1.88. The number of nitrogens with one attached hydrogen (secondary N) is 2. The number of amides is 1. The average molecular weight is 146 g/mol. The molecule has 0 saturated carbocycles. The number of hydrogen-bond acceptors (Lipinski definition) is 3. The van der Waals surface area contributed by atoms with Crippen LogP contribution < -0.4 is 10.9 Å². The maximum absolute atomic E-state index is 10.2. The third-order valence-corrected chi connectivity index (χ3v) is 0.771. The standard InChI is InChI=1S/C5H10N2O3/c1-2-3-6-7-4(8)5(9)10/h6H,2-3H2,1H3,(H,7,8)(H,9,10). The monoisotopic (exact) mass is 146 g/mol. The number of hydrogen-bond donors (Lipinski definition) is 3. The summed E-state index contributed by atoms with van der Waals surface area (Å²) in [4.78, 5) is 20.1. The zero-order valence-corrected chi connectivity index (χ0v) is 5.68. The summed E-state index contributed by atoms with van der Waals surface area (Å²) in [5.41, 5.74) is 4.43. The quantitative estimate of drug-likeness (QED) is 0.274. The summed E-state index contributed by atoms with van der Waals surface area (Å²) in [5.74, 6) is -2.52. The molecule has 0 radical (unpaired) electrons. The van der Waals surface area contributed by atoms with Crippen molar-refractivity contribution in [3.8, 4) is 0 Å². The predicted octanol–water partition coefficient (Wildman–Crippen LogP) is -0.898. The molecule has 0 saturated heterocycles. The smallest absolute Gasteiger partial charge is 0.395 e. The first-order chi connectivity index (χ1) is 4.68. The van der Waals surface area contributed by atoms with Crippen LogP contribution in [-0.4, -0.2) is 23.5 Å². The fourth-order valence-corrected chi connectivity index (χ4v) is 0.321. The molecule has 0 aliphatic rings. The zero-order chi connectivity index (χ0) is 7.98. The van der Waals surface area contributed by atoms with Crippen molar-refractivity contribution >= 4 is 11.9 Å². The molecule has 0 fully saturated rings. The van der Waals surface area contributed by atoms with E-state index in [0.717, 1.165) is 6.42 Å². The summed E-state index contributed by atoms with van der Waals surface area (Å²) in [6, 6.07) is 0. The number of rotatable bonds is 3. The number of hydrazine groups is 1. The Balaban J connectivity index is 3.31. The molecule has 0 aliphatic heterocycles. The highest BCUT2D eigenvalue weighted by molar-refractivity contribution is 6.31. The zero-order valence-electron chi connectivity index (χ0n) is 5.68. The van der Waals surface area contributed by atoms with Gasteiger partial charge >= 0.3 is 11.9 Å². The molecule has 10 heavy (non-hydrogen) atoms. The molecule has 3 N–H and O–H groups in total. The van der Waals surface area contributed by atoms with Crippen molar-refractivity contribution in [2.24, 2.45) is 0 Å². The van der Waals surface area contributed by atoms with E-state index >= 15 is 0 Å². The van der Waals surface area contributed by atoms with Gasteiger partial charge in [-0.25, -0.2) is 10.2 Å². The fourth-order valence-electron chi connectivity index (χ4n) is 0.321. The van der Waals surface area contributed by atoms with Gasteiger partial charge in [0.2, 0.25) is 0 Å². The van der Waals surface area contributed by atoms with Crippen LogP contribution in [0.25, 0.3) is 0 Å². The van der Waals surface area contributed by atoms with E-state index in [2.05, 4.69) is 5.43 Å². The first-order valence-electron chi connectivity index (χ1n) is 2.94. The van der Waals surface area contributed by atoms with Gasteiger partial charge in [-0.05, 0) is 6.42 Å². The van der Waals surface area contributed by atoms with Crippen LogP contribution in [0.15, 0.2) is 0 Å². The van der Waals surface area contributed by atoms with E-state index in [1.165, 1.54) is 0 Å². The van der Waals surface area contributed by atoms with Gasteiger partial charge in [0.25, 0.3) is 0 Å². The summed E-state index contributed by atoms with van der Waals surface area (Å²) < 4.78 is 0. The van der Waals surface area contributed by atoms with Gasteiger partial charge in [-0.1, -0.05) is 6.92 Å². The van der Waals surface area contributed by atoms with E-state index in [0.29, 0.717) is 6.54 Å². The molecule has 0 heterocycles.